The highest BCUT2D eigenvalue weighted by Crippen LogP contribution is 2.37. The van der Waals surface area contributed by atoms with Crippen LogP contribution in [0.4, 0.5) is 0 Å². The van der Waals surface area contributed by atoms with Gasteiger partial charge in [-0.15, -0.1) is 0 Å². The minimum Gasteiger partial charge on any atom is -0.276 e. The zero-order chi connectivity index (χ0) is 15.4. The Hall–Kier alpha value is -2.16. The van der Waals surface area contributed by atoms with Crippen molar-refractivity contribution in [2.24, 2.45) is 0 Å². The molecule has 2 nitrogen and oxygen atoms in total. The Morgan fingerprint density at radius 1 is 0.591 bits per heavy atom. The molecule has 4 aromatic carbocycles. The third-order valence-corrected chi connectivity index (χ3v) is 4.50. The van der Waals surface area contributed by atoms with E-state index in [4.69, 9.17) is 23.2 Å². The normalized spacial score (nSPS) is 11.5. The number of benzene rings is 4. The molecule has 0 aliphatic carbocycles. The van der Waals surface area contributed by atoms with Crippen LogP contribution in [0.5, 0.6) is 0 Å². The van der Waals surface area contributed by atoms with Gasteiger partial charge in [-0.05, 0) is 67.7 Å². The molecule has 22 heavy (non-hydrogen) atoms. The molecule has 4 heteroatoms. The molecule has 0 saturated heterocycles. The molecule has 0 atom stereocenters. The maximum absolute atomic E-state index is 11.7. The summed E-state index contributed by atoms with van der Waals surface area (Å²) in [5, 5.41) is 4.44. The lowest BCUT2D eigenvalue weighted by Gasteiger charge is -2.13. The molecule has 0 aromatic heterocycles. The Kier molecular flexibility index (Phi) is 2.86. The van der Waals surface area contributed by atoms with Crippen molar-refractivity contribution in [2.75, 3.05) is 0 Å². The Bertz CT molecular complexity index is 996. The van der Waals surface area contributed by atoms with Crippen LogP contribution in [-0.2, 0) is 0 Å². The van der Waals surface area contributed by atoms with E-state index in [0.29, 0.717) is 11.1 Å². The van der Waals surface area contributed by atoms with E-state index in [-0.39, 0.29) is 0 Å². The molecule has 4 aromatic rings. The van der Waals surface area contributed by atoms with Crippen LogP contribution in [0.1, 0.15) is 20.7 Å². The molecular weight excluding hydrogens is 319 g/mol. The first-order valence-corrected chi connectivity index (χ1v) is 7.43. The van der Waals surface area contributed by atoms with E-state index in [0.717, 1.165) is 32.3 Å². The Morgan fingerprint density at radius 3 is 1.32 bits per heavy atom. The minimum atomic E-state index is -0.494. The molecule has 0 unspecified atom stereocenters. The Labute approximate surface area is 135 Å². The third kappa shape index (κ3) is 1.75. The van der Waals surface area contributed by atoms with Crippen LogP contribution < -0.4 is 0 Å². The minimum absolute atomic E-state index is 0.464. The lowest BCUT2D eigenvalue weighted by Crippen LogP contribution is -1.96. The summed E-state index contributed by atoms with van der Waals surface area (Å²) >= 11 is 11.4. The summed E-state index contributed by atoms with van der Waals surface area (Å²) in [5.74, 6) is 0. The summed E-state index contributed by atoms with van der Waals surface area (Å²) in [4.78, 5) is 23.3. The van der Waals surface area contributed by atoms with Crippen LogP contribution >= 0.6 is 23.2 Å². The summed E-state index contributed by atoms with van der Waals surface area (Å²) in [6.45, 7) is 0. The number of hydrogen-bond acceptors (Lipinski definition) is 2. The van der Waals surface area contributed by atoms with Gasteiger partial charge in [0, 0.05) is 11.1 Å². The van der Waals surface area contributed by atoms with Crippen molar-refractivity contribution in [3.05, 3.63) is 59.7 Å². The van der Waals surface area contributed by atoms with Gasteiger partial charge in [0.25, 0.3) is 10.5 Å². The van der Waals surface area contributed by atoms with Gasteiger partial charge in [0.1, 0.15) is 0 Å². The Morgan fingerprint density at radius 2 is 0.955 bits per heavy atom. The molecule has 0 amide bonds. The van der Waals surface area contributed by atoms with Crippen molar-refractivity contribution in [1.82, 2.24) is 0 Å². The first-order valence-electron chi connectivity index (χ1n) is 6.68. The topological polar surface area (TPSA) is 34.1 Å². The first kappa shape index (κ1) is 13.5. The van der Waals surface area contributed by atoms with Crippen LogP contribution in [-0.4, -0.2) is 10.5 Å². The second kappa shape index (κ2) is 4.67. The molecule has 0 aliphatic rings. The molecule has 0 aliphatic heterocycles. The van der Waals surface area contributed by atoms with E-state index in [1.807, 2.05) is 36.4 Å². The molecular formula is C18H8Cl2O2. The predicted molar refractivity (Wildman–Crippen MR) is 90.5 cm³/mol. The quantitative estimate of drug-likeness (QED) is 0.368. The summed E-state index contributed by atoms with van der Waals surface area (Å²) in [7, 11) is 0. The van der Waals surface area contributed by atoms with Crippen molar-refractivity contribution < 1.29 is 9.59 Å². The van der Waals surface area contributed by atoms with Gasteiger partial charge in [0.15, 0.2) is 0 Å². The highest BCUT2D eigenvalue weighted by atomic mass is 35.5. The highest BCUT2D eigenvalue weighted by Gasteiger charge is 2.16. The molecule has 0 fully saturated rings. The van der Waals surface area contributed by atoms with E-state index in [1.54, 1.807) is 12.1 Å². The van der Waals surface area contributed by atoms with Crippen molar-refractivity contribution in [3.8, 4) is 0 Å². The number of rotatable bonds is 2. The van der Waals surface area contributed by atoms with E-state index in [2.05, 4.69) is 0 Å². The predicted octanol–water partition coefficient (Wildman–Crippen LogP) is 5.34. The lowest BCUT2D eigenvalue weighted by molar-refractivity contribution is 0.107. The average molecular weight is 327 g/mol. The van der Waals surface area contributed by atoms with Gasteiger partial charge in [0.05, 0.1) is 0 Å². The monoisotopic (exact) mass is 326 g/mol. The van der Waals surface area contributed by atoms with E-state index in [9.17, 15) is 9.59 Å². The maximum Gasteiger partial charge on any atom is 0.253 e. The third-order valence-electron chi connectivity index (χ3n) is 4.09. The summed E-state index contributed by atoms with van der Waals surface area (Å²) in [6.07, 6.45) is 0. The van der Waals surface area contributed by atoms with Gasteiger partial charge >= 0.3 is 0 Å². The second-order valence-electron chi connectivity index (χ2n) is 5.20. The molecule has 0 N–H and O–H groups in total. The molecule has 0 radical (unpaired) electrons. The van der Waals surface area contributed by atoms with Gasteiger partial charge in [-0.25, -0.2) is 0 Å². The van der Waals surface area contributed by atoms with Crippen LogP contribution in [0, 0.1) is 0 Å². The fourth-order valence-electron chi connectivity index (χ4n) is 3.14. The van der Waals surface area contributed by atoms with Crippen LogP contribution in [0.2, 0.25) is 0 Å². The second-order valence-corrected chi connectivity index (χ2v) is 5.88. The van der Waals surface area contributed by atoms with Gasteiger partial charge in [-0.3, -0.25) is 9.59 Å². The zero-order valence-corrected chi connectivity index (χ0v) is 12.7. The van der Waals surface area contributed by atoms with Gasteiger partial charge in [0.2, 0.25) is 0 Å². The van der Waals surface area contributed by atoms with Crippen molar-refractivity contribution in [2.45, 2.75) is 0 Å². The number of carbonyl (C=O) groups excluding carboxylic acids is 2. The summed E-state index contributed by atoms with van der Waals surface area (Å²) in [6, 6.07) is 14.8. The van der Waals surface area contributed by atoms with Crippen LogP contribution in [0.25, 0.3) is 32.3 Å². The fourth-order valence-corrected chi connectivity index (χ4v) is 3.47. The maximum atomic E-state index is 11.7. The van der Waals surface area contributed by atoms with E-state index < -0.39 is 10.5 Å². The number of hydrogen-bond donors (Lipinski definition) is 0. The van der Waals surface area contributed by atoms with Crippen LogP contribution in [0.3, 0.4) is 0 Å². The SMILES string of the molecule is O=C(Cl)c1ccc2ccc3ccc(C(=O)Cl)c4ccc1c2c34. The first-order chi connectivity index (χ1) is 10.6. The average Bonchev–Trinajstić information content (AvgIpc) is 2.51. The number of carbonyl (C=O) groups is 2. The van der Waals surface area contributed by atoms with E-state index in [1.165, 1.54) is 0 Å². The zero-order valence-electron chi connectivity index (χ0n) is 11.2. The molecule has 0 spiro atoms. The molecule has 0 bridgehead atoms. The standard InChI is InChI=1S/C18H8Cl2O2/c19-17(21)13-5-3-9-1-2-10-4-6-14(18(20)22)12-8-7-11(13)15(9)16(10)12/h1-8H. The molecule has 0 heterocycles. The van der Waals surface area contributed by atoms with Crippen molar-refractivity contribution in [3.63, 3.8) is 0 Å². The number of halogens is 2. The molecule has 0 saturated carbocycles. The van der Waals surface area contributed by atoms with Gasteiger partial charge in [-0.2, -0.15) is 0 Å². The largest absolute Gasteiger partial charge is 0.276 e. The van der Waals surface area contributed by atoms with Gasteiger partial charge in [-0.1, -0.05) is 36.4 Å². The molecule has 4 rings (SSSR count). The summed E-state index contributed by atoms with van der Waals surface area (Å²) in [5.41, 5.74) is 0.928. The lowest BCUT2D eigenvalue weighted by atomic mass is 9.90. The van der Waals surface area contributed by atoms with Gasteiger partial charge < -0.3 is 0 Å². The smallest absolute Gasteiger partial charge is 0.253 e. The molecule has 106 valence electrons. The van der Waals surface area contributed by atoms with Crippen LogP contribution in [0.15, 0.2) is 48.5 Å². The van der Waals surface area contributed by atoms with E-state index >= 15 is 0 Å². The fraction of sp³-hybridized carbons (Fsp3) is 0. The highest BCUT2D eigenvalue weighted by molar-refractivity contribution is 6.69. The Balaban J connectivity index is 2.33. The summed E-state index contributed by atoms with van der Waals surface area (Å²) < 4.78 is 0. The van der Waals surface area contributed by atoms with Crippen molar-refractivity contribution in [1.29, 1.82) is 0 Å². The van der Waals surface area contributed by atoms with Crippen molar-refractivity contribution >= 4 is 66.0 Å².